The van der Waals surface area contributed by atoms with Crippen LogP contribution in [0.2, 0.25) is 0 Å². The van der Waals surface area contributed by atoms with Gasteiger partial charge in [-0.05, 0) is 78.5 Å². The number of rotatable bonds is 5. The summed E-state index contributed by atoms with van der Waals surface area (Å²) in [5, 5.41) is 44.4. The normalized spacial score (nSPS) is 29.7. The number of hydrogen-bond donors (Lipinski definition) is 4. The SMILES string of the molecule is Cc1cc2cc(O)c3c(c2c(O[C@@H]2C[C@H](N(C)C)[C@@H](O)[C@@H](C)O2)c1[C@@H]1C[C@@H](N(C)C)[C@@H](O)[C@@H](C)O1)C(=O)c1cccc(O)c1C3=O. The Labute approximate surface area is 267 Å². The van der Waals surface area contributed by atoms with Crippen LogP contribution in [0.25, 0.3) is 10.8 Å². The molecule has 6 rings (SSSR count). The molecular weight excluding hydrogens is 592 g/mol. The smallest absolute Gasteiger partial charge is 0.201 e. The summed E-state index contributed by atoms with van der Waals surface area (Å²) in [7, 11) is 7.54. The molecule has 0 amide bonds. The van der Waals surface area contributed by atoms with Gasteiger partial charge >= 0.3 is 0 Å². The lowest BCUT2D eigenvalue weighted by molar-refractivity contribution is -0.202. The van der Waals surface area contributed by atoms with Crippen LogP contribution >= 0.6 is 0 Å². The fraction of sp³-hybridized carbons (Fsp3) is 0.486. The van der Waals surface area contributed by atoms with E-state index in [9.17, 15) is 30.0 Å². The zero-order valence-electron chi connectivity index (χ0n) is 27.1. The van der Waals surface area contributed by atoms with Gasteiger partial charge in [-0.25, -0.2) is 0 Å². The molecule has 2 aliphatic heterocycles. The molecule has 2 saturated heterocycles. The number of benzene rings is 3. The van der Waals surface area contributed by atoms with Gasteiger partial charge in [-0.2, -0.15) is 0 Å². The van der Waals surface area contributed by atoms with Crippen LogP contribution < -0.4 is 4.74 Å². The van der Waals surface area contributed by atoms with Crippen molar-refractivity contribution in [3.8, 4) is 17.2 Å². The molecule has 0 bridgehead atoms. The zero-order valence-corrected chi connectivity index (χ0v) is 27.1. The van der Waals surface area contributed by atoms with Crippen LogP contribution in [0, 0.1) is 6.92 Å². The molecule has 3 aromatic rings. The highest BCUT2D eigenvalue weighted by molar-refractivity contribution is 6.34. The van der Waals surface area contributed by atoms with Crippen molar-refractivity contribution >= 4 is 22.3 Å². The van der Waals surface area contributed by atoms with Gasteiger partial charge < -0.3 is 44.4 Å². The van der Waals surface area contributed by atoms with E-state index in [1.165, 1.54) is 24.3 Å². The first-order chi connectivity index (χ1) is 21.7. The number of aliphatic hydroxyl groups excluding tert-OH is 2. The van der Waals surface area contributed by atoms with Crippen LogP contribution in [-0.4, -0.2) is 113 Å². The average molecular weight is 635 g/mol. The van der Waals surface area contributed by atoms with Crippen LogP contribution in [0.3, 0.4) is 0 Å². The number of aromatic hydroxyl groups is 2. The molecule has 0 unspecified atom stereocenters. The Balaban J connectivity index is 1.62. The number of nitrogens with zero attached hydrogens (tertiary/aromatic N) is 2. The van der Waals surface area contributed by atoms with Gasteiger partial charge in [0.1, 0.15) is 17.2 Å². The van der Waals surface area contributed by atoms with E-state index in [-0.39, 0.29) is 51.6 Å². The number of carbonyl (C=O) groups excluding carboxylic acids is 2. The van der Waals surface area contributed by atoms with Crippen molar-refractivity contribution < 1.29 is 44.2 Å². The lowest BCUT2D eigenvalue weighted by atomic mass is 9.79. The van der Waals surface area contributed by atoms with E-state index in [1.54, 1.807) is 6.92 Å². The lowest BCUT2D eigenvalue weighted by Gasteiger charge is -2.43. The summed E-state index contributed by atoms with van der Waals surface area (Å²) in [6, 6.07) is 7.03. The summed E-state index contributed by atoms with van der Waals surface area (Å²) in [5.74, 6) is -1.68. The van der Waals surface area contributed by atoms with Gasteiger partial charge in [-0.15, -0.1) is 0 Å². The molecule has 2 fully saturated rings. The molecule has 3 aliphatic rings. The highest BCUT2D eigenvalue weighted by Gasteiger charge is 2.43. The molecule has 0 saturated carbocycles. The zero-order chi connectivity index (χ0) is 33.4. The number of carbonyl (C=O) groups is 2. The molecule has 46 heavy (non-hydrogen) atoms. The number of ketones is 2. The Kier molecular flexibility index (Phi) is 8.37. The summed E-state index contributed by atoms with van der Waals surface area (Å²) in [6.07, 6.45) is -3.31. The van der Waals surface area contributed by atoms with Crippen molar-refractivity contribution in [2.75, 3.05) is 28.2 Å². The first kappa shape index (κ1) is 32.4. The molecular formula is C35H42N2O9. The van der Waals surface area contributed by atoms with Crippen molar-refractivity contribution in [2.24, 2.45) is 0 Å². The van der Waals surface area contributed by atoms with E-state index in [1.807, 2.05) is 57.9 Å². The number of likely N-dealkylation sites (N-methyl/N-ethyl adjacent to an activating group) is 2. The van der Waals surface area contributed by atoms with Crippen LogP contribution in [0.15, 0.2) is 30.3 Å². The molecule has 0 radical (unpaired) electrons. The second-order valence-electron chi connectivity index (χ2n) is 13.3. The molecule has 2 heterocycles. The Hall–Kier alpha value is -3.58. The Morgan fingerprint density at radius 1 is 0.804 bits per heavy atom. The molecule has 8 atom stereocenters. The van der Waals surface area contributed by atoms with E-state index in [0.717, 1.165) is 5.56 Å². The highest BCUT2D eigenvalue weighted by Crippen LogP contribution is 2.49. The summed E-state index contributed by atoms with van der Waals surface area (Å²) in [4.78, 5) is 32.0. The minimum atomic E-state index is -0.846. The van der Waals surface area contributed by atoms with Gasteiger partial charge in [0, 0.05) is 40.6 Å². The average Bonchev–Trinajstić information content (AvgIpc) is 2.98. The van der Waals surface area contributed by atoms with Crippen LogP contribution in [0.5, 0.6) is 17.2 Å². The number of ether oxygens (including phenoxy) is 3. The molecule has 11 heteroatoms. The maximum Gasteiger partial charge on any atom is 0.201 e. The van der Waals surface area contributed by atoms with E-state index in [4.69, 9.17) is 14.2 Å². The van der Waals surface area contributed by atoms with Crippen molar-refractivity contribution in [1.29, 1.82) is 0 Å². The second kappa shape index (κ2) is 11.9. The second-order valence-corrected chi connectivity index (χ2v) is 13.3. The highest BCUT2D eigenvalue weighted by atomic mass is 16.7. The Morgan fingerprint density at radius 2 is 1.43 bits per heavy atom. The van der Waals surface area contributed by atoms with E-state index >= 15 is 0 Å². The molecule has 4 N–H and O–H groups in total. The van der Waals surface area contributed by atoms with Gasteiger partial charge in [-0.1, -0.05) is 18.2 Å². The Morgan fingerprint density at radius 3 is 2.09 bits per heavy atom. The molecule has 1 aliphatic carbocycles. The number of fused-ring (bicyclic) bond motifs is 4. The monoisotopic (exact) mass is 634 g/mol. The minimum absolute atomic E-state index is 0.0224. The summed E-state index contributed by atoms with van der Waals surface area (Å²) >= 11 is 0. The van der Waals surface area contributed by atoms with Gasteiger partial charge in [0.25, 0.3) is 0 Å². The molecule has 3 aromatic carbocycles. The molecule has 0 aromatic heterocycles. The third-order valence-corrected chi connectivity index (χ3v) is 9.86. The van der Waals surface area contributed by atoms with E-state index in [2.05, 4.69) is 0 Å². The first-order valence-corrected chi connectivity index (χ1v) is 15.6. The maximum absolute atomic E-state index is 14.3. The first-order valence-electron chi connectivity index (χ1n) is 15.6. The van der Waals surface area contributed by atoms with Gasteiger partial charge in [0.15, 0.2) is 5.78 Å². The number of phenolic OH excluding ortho intramolecular Hbond substituents is 2. The summed E-state index contributed by atoms with van der Waals surface area (Å²) in [5.41, 5.74) is 1.00. The number of aryl methyl sites for hydroxylation is 1. The quantitative estimate of drug-likeness (QED) is 0.256. The summed E-state index contributed by atoms with van der Waals surface area (Å²) in [6.45, 7) is 5.47. The number of phenols is 2. The standard InChI is InChI=1S/C35H42N2O9/c1-15-11-18-12-23(39)29-30(33(42)19-9-8-10-22(38)28(19)34(29)43)27(18)35(46-25-14-21(37(6)7)32(41)17(3)45-25)26(15)24-13-20(36(4)5)31(40)16(2)44-24/h8-12,16-17,20-21,24-25,31-32,38-41H,13-14H2,1-7H3/t16-,17-,20-,21+,24+,25-,31+,32+/m1/s1. The van der Waals surface area contributed by atoms with Crippen molar-refractivity contribution in [3.63, 3.8) is 0 Å². The van der Waals surface area contributed by atoms with Crippen molar-refractivity contribution in [1.82, 2.24) is 9.80 Å². The van der Waals surface area contributed by atoms with Crippen LogP contribution in [0.4, 0.5) is 0 Å². The van der Waals surface area contributed by atoms with Crippen molar-refractivity contribution in [2.45, 2.75) is 82.5 Å². The fourth-order valence-corrected chi connectivity index (χ4v) is 7.40. The maximum atomic E-state index is 14.3. The van der Waals surface area contributed by atoms with Crippen molar-refractivity contribution in [3.05, 3.63) is 63.7 Å². The summed E-state index contributed by atoms with van der Waals surface area (Å²) < 4.78 is 19.4. The third-order valence-electron chi connectivity index (χ3n) is 9.86. The van der Waals surface area contributed by atoms with E-state index in [0.29, 0.717) is 29.2 Å². The van der Waals surface area contributed by atoms with Gasteiger partial charge in [0.2, 0.25) is 12.1 Å². The number of aliphatic hydroxyl groups is 2. The molecule has 11 nitrogen and oxygen atoms in total. The van der Waals surface area contributed by atoms with Crippen LogP contribution in [0.1, 0.15) is 75.8 Å². The van der Waals surface area contributed by atoms with Gasteiger partial charge in [-0.3, -0.25) is 9.59 Å². The Bertz CT molecular complexity index is 1720. The minimum Gasteiger partial charge on any atom is -0.507 e. The van der Waals surface area contributed by atoms with Gasteiger partial charge in [0.05, 0.1) is 41.6 Å². The molecule has 0 spiro atoms. The predicted octanol–water partition coefficient (Wildman–Crippen LogP) is 3.28. The lowest BCUT2D eigenvalue weighted by Crippen LogP contribution is -2.54. The van der Waals surface area contributed by atoms with Crippen LogP contribution in [-0.2, 0) is 9.47 Å². The van der Waals surface area contributed by atoms with E-state index < -0.39 is 48.4 Å². The number of hydrogen-bond acceptors (Lipinski definition) is 11. The largest absolute Gasteiger partial charge is 0.507 e. The predicted molar refractivity (Wildman–Crippen MR) is 170 cm³/mol. The topological polar surface area (TPSA) is 149 Å². The third kappa shape index (κ3) is 5.15. The molecule has 246 valence electrons. The fourth-order valence-electron chi connectivity index (χ4n) is 7.40.